The van der Waals surface area contributed by atoms with E-state index in [1.54, 1.807) is 18.0 Å². The van der Waals surface area contributed by atoms with E-state index < -0.39 is 0 Å². The van der Waals surface area contributed by atoms with Crippen molar-refractivity contribution in [1.82, 2.24) is 15.1 Å². The number of amides is 1. The highest BCUT2D eigenvalue weighted by Crippen LogP contribution is 2.00. The first-order valence-corrected chi connectivity index (χ1v) is 3.92. The lowest BCUT2D eigenvalue weighted by atomic mass is 10.3. The van der Waals surface area contributed by atoms with E-state index in [4.69, 9.17) is 0 Å². The molecule has 1 heterocycles. The summed E-state index contributed by atoms with van der Waals surface area (Å²) in [7, 11) is 1.76. The van der Waals surface area contributed by atoms with Gasteiger partial charge in [0.1, 0.15) is 5.69 Å². The third-order valence-electron chi connectivity index (χ3n) is 1.75. The summed E-state index contributed by atoms with van der Waals surface area (Å²) in [5, 5.41) is 6.60. The second-order valence-corrected chi connectivity index (χ2v) is 2.76. The van der Waals surface area contributed by atoms with Crippen LogP contribution in [-0.2, 0) is 0 Å². The summed E-state index contributed by atoms with van der Waals surface area (Å²) in [5.41, 5.74) is 1.39. The van der Waals surface area contributed by atoms with Gasteiger partial charge in [-0.25, -0.2) is 0 Å². The summed E-state index contributed by atoms with van der Waals surface area (Å²) >= 11 is 0. The topological polar surface area (TPSA) is 49.0 Å². The fraction of sp³-hybridized carbons (Fsp3) is 0.500. The minimum atomic E-state index is -0.0400. The smallest absolute Gasteiger partial charge is 0.274 e. The number of hydrogen-bond acceptors (Lipinski definition) is 2. The minimum absolute atomic E-state index is 0. The van der Waals surface area contributed by atoms with Crippen molar-refractivity contribution in [3.8, 4) is 0 Å². The van der Waals surface area contributed by atoms with Gasteiger partial charge in [-0.15, -0.1) is 12.4 Å². The number of halogens is 1. The Kier molecular flexibility index (Phi) is 4.48. The molecule has 1 aromatic rings. The normalized spacial score (nSPS) is 9.15. The van der Waals surface area contributed by atoms with Crippen molar-refractivity contribution in [3.63, 3.8) is 0 Å². The van der Waals surface area contributed by atoms with E-state index in [0.717, 1.165) is 5.69 Å². The van der Waals surface area contributed by atoms with Gasteiger partial charge in [-0.2, -0.15) is 5.10 Å². The third kappa shape index (κ3) is 2.73. The van der Waals surface area contributed by atoms with E-state index >= 15 is 0 Å². The van der Waals surface area contributed by atoms with E-state index in [-0.39, 0.29) is 18.3 Å². The molecule has 0 aromatic carbocycles. The van der Waals surface area contributed by atoms with Crippen molar-refractivity contribution >= 4 is 18.3 Å². The van der Waals surface area contributed by atoms with Gasteiger partial charge in [0.25, 0.3) is 5.91 Å². The number of nitrogens with zero attached hydrogens (tertiary/aromatic N) is 2. The largest absolute Gasteiger partial charge is 0.341 e. The lowest BCUT2D eigenvalue weighted by molar-refractivity contribution is 0.0796. The predicted molar refractivity (Wildman–Crippen MR) is 53.2 cm³/mol. The minimum Gasteiger partial charge on any atom is -0.341 e. The highest BCUT2D eigenvalue weighted by Gasteiger charge is 2.12. The fourth-order valence-electron chi connectivity index (χ4n) is 0.867. The molecule has 0 saturated heterocycles. The number of aryl methyl sites for hydroxylation is 1. The SMILES string of the molecule is CCN(C)C(=O)c1cc(C)[nH]n1.Cl. The predicted octanol–water partition coefficient (Wildman–Crippen LogP) is 1.23. The van der Waals surface area contributed by atoms with Crippen LogP contribution in [0, 0.1) is 6.92 Å². The lowest BCUT2D eigenvalue weighted by Gasteiger charge is -2.11. The van der Waals surface area contributed by atoms with E-state index in [0.29, 0.717) is 12.2 Å². The first kappa shape index (κ1) is 12.0. The Morgan fingerprint density at radius 1 is 1.69 bits per heavy atom. The molecule has 0 atom stereocenters. The van der Waals surface area contributed by atoms with Gasteiger partial charge in [0.15, 0.2) is 0 Å². The average Bonchev–Trinajstić information content (AvgIpc) is 2.49. The molecule has 0 radical (unpaired) electrons. The number of carbonyl (C=O) groups is 1. The second kappa shape index (κ2) is 4.87. The molecule has 13 heavy (non-hydrogen) atoms. The van der Waals surface area contributed by atoms with Crippen LogP contribution in [-0.4, -0.2) is 34.6 Å². The molecule has 1 N–H and O–H groups in total. The molecule has 0 aliphatic carbocycles. The number of aromatic amines is 1. The summed E-state index contributed by atoms with van der Waals surface area (Å²) < 4.78 is 0. The first-order valence-electron chi connectivity index (χ1n) is 3.92. The molecule has 74 valence electrons. The van der Waals surface area contributed by atoms with Crippen molar-refractivity contribution in [2.75, 3.05) is 13.6 Å². The highest BCUT2D eigenvalue weighted by atomic mass is 35.5. The van der Waals surface area contributed by atoms with Gasteiger partial charge in [0, 0.05) is 19.3 Å². The van der Waals surface area contributed by atoms with Crippen LogP contribution in [0.5, 0.6) is 0 Å². The highest BCUT2D eigenvalue weighted by molar-refractivity contribution is 5.92. The number of hydrogen-bond donors (Lipinski definition) is 1. The molecule has 0 spiro atoms. The molecular weight excluding hydrogens is 190 g/mol. The summed E-state index contributed by atoms with van der Waals surface area (Å²) in [4.78, 5) is 13.1. The van der Waals surface area contributed by atoms with Crippen LogP contribution in [0.15, 0.2) is 6.07 Å². The zero-order valence-corrected chi connectivity index (χ0v) is 8.81. The monoisotopic (exact) mass is 203 g/mol. The zero-order chi connectivity index (χ0) is 9.14. The lowest BCUT2D eigenvalue weighted by Crippen LogP contribution is -2.26. The Balaban J connectivity index is 0.00000144. The van der Waals surface area contributed by atoms with Crippen molar-refractivity contribution in [2.45, 2.75) is 13.8 Å². The standard InChI is InChI=1S/C8H13N3O.ClH/c1-4-11(3)8(12)7-5-6(2)9-10-7;/h5H,4H2,1-3H3,(H,9,10);1H. The molecule has 0 unspecified atom stereocenters. The van der Waals surface area contributed by atoms with Gasteiger partial charge < -0.3 is 4.90 Å². The number of nitrogens with one attached hydrogen (secondary N) is 1. The van der Waals surface area contributed by atoms with E-state index in [1.807, 2.05) is 13.8 Å². The quantitative estimate of drug-likeness (QED) is 0.786. The van der Waals surface area contributed by atoms with E-state index in [9.17, 15) is 4.79 Å². The second-order valence-electron chi connectivity index (χ2n) is 2.76. The van der Waals surface area contributed by atoms with E-state index in [1.165, 1.54) is 0 Å². The van der Waals surface area contributed by atoms with Crippen LogP contribution in [0.3, 0.4) is 0 Å². The van der Waals surface area contributed by atoms with Crippen molar-refractivity contribution in [2.24, 2.45) is 0 Å². The van der Waals surface area contributed by atoms with Crippen LogP contribution < -0.4 is 0 Å². The molecule has 0 bridgehead atoms. The Bertz CT molecular complexity index is 285. The molecule has 1 aromatic heterocycles. The maximum atomic E-state index is 11.4. The van der Waals surface area contributed by atoms with Crippen LogP contribution in [0.4, 0.5) is 0 Å². The van der Waals surface area contributed by atoms with Crippen molar-refractivity contribution in [3.05, 3.63) is 17.5 Å². The molecule has 5 heteroatoms. The number of aromatic nitrogens is 2. The molecule has 0 aliphatic rings. The van der Waals surface area contributed by atoms with Crippen LogP contribution >= 0.6 is 12.4 Å². The van der Waals surface area contributed by atoms with Crippen molar-refractivity contribution < 1.29 is 4.79 Å². The Hall–Kier alpha value is -1.03. The van der Waals surface area contributed by atoms with Gasteiger partial charge >= 0.3 is 0 Å². The Morgan fingerprint density at radius 2 is 2.31 bits per heavy atom. The van der Waals surface area contributed by atoms with Crippen LogP contribution in [0.25, 0.3) is 0 Å². The Labute approximate surface area is 83.7 Å². The third-order valence-corrected chi connectivity index (χ3v) is 1.75. The maximum Gasteiger partial charge on any atom is 0.274 e. The van der Waals surface area contributed by atoms with Gasteiger partial charge in [-0.05, 0) is 19.9 Å². The number of carbonyl (C=O) groups excluding carboxylic acids is 1. The van der Waals surface area contributed by atoms with Gasteiger partial charge in [0.05, 0.1) is 0 Å². The maximum absolute atomic E-state index is 11.4. The van der Waals surface area contributed by atoms with Gasteiger partial charge in [-0.3, -0.25) is 9.89 Å². The van der Waals surface area contributed by atoms with Gasteiger partial charge in [-0.1, -0.05) is 0 Å². The summed E-state index contributed by atoms with van der Waals surface area (Å²) in [6, 6.07) is 1.74. The van der Waals surface area contributed by atoms with Crippen LogP contribution in [0.2, 0.25) is 0 Å². The summed E-state index contributed by atoms with van der Waals surface area (Å²) in [5.74, 6) is -0.0400. The average molecular weight is 204 g/mol. The van der Waals surface area contributed by atoms with E-state index in [2.05, 4.69) is 10.2 Å². The first-order chi connectivity index (χ1) is 5.65. The molecular formula is C8H14ClN3O. The fourth-order valence-corrected chi connectivity index (χ4v) is 0.867. The molecule has 1 rings (SSSR count). The van der Waals surface area contributed by atoms with Crippen molar-refractivity contribution in [1.29, 1.82) is 0 Å². The summed E-state index contributed by atoms with van der Waals surface area (Å²) in [6.45, 7) is 4.50. The molecule has 1 amide bonds. The van der Waals surface area contributed by atoms with Gasteiger partial charge in [0.2, 0.25) is 0 Å². The molecule has 0 fully saturated rings. The molecule has 4 nitrogen and oxygen atoms in total. The zero-order valence-electron chi connectivity index (χ0n) is 8.00. The molecule has 0 saturated carbocycles. The summed E-state index contributed by atoms with van der Waals surface area (Å²) in [6.07, 6.45) is 0. The van der Waals surface area contributed by atoms with Crippen LogP contribution in [0.1, 0.15) is 23.1 Å². The molecule has 0 aliphatic heterocycles. The number of H-pyrrole nitrogens is 1. The number of rotatable bonds is 2. The Morgan fingerprint density at radius 3 is 2.69 bits per heavy atom.